The number of nitrogens with zero attached hydrogens (tertiary/aromatic N) is 2. The molecule has 2 aromatic carbocycles. The smallest absolute Gasteiger partial charge is 0.387 e. The number of hydrogen-bond acceptors (Lipinski definition) is 5. The molecule has 1 atom stereocenters. The van der Waals surface area contributed by atoms with E-state index in [-0.39, 0.29) is 23.7 Å². The Bertz CT molecular complexity index is 993. The minimum Gasteiger partial charge on any atom is -0.435 e. The maximum absolute atomic E-state index is 13.1. The van der Waals surface area contributed by atoms with Crippen LogP contribution in [-0.4, -0.2) is 37.5 Å². The Morgan fingerprint density at radius 1 is 1.10 bits per heavy atom. The number of carbonyl (C=O) groups excluding carboxylic acids is 1. The van der Waals surface area contributed by atoms with E-state index >= 15 is 0 Å². The van der Waals surface area contributed by atoms with Crippen LogP contribution >= 0.6 is 0 Å². The molecule has 0 aromatic heterocycles. The molecular formula is C20H20F2N2O4S. The molecule has 0 aliphatic carbocycles. The zero-order valence-electron chi connectivity index (χ0n) is 15.7. The molecule has 0 radical (unpaired) electrons. The molecule has 1 aliphatic rings. The zero-order chi connectivity index (χ0) is 21.0. The van der Waals surface area contributed by atoms with Crippen LogP contribution in [0.15, 0.2) is 59.6 Å². The fraction of sp³-hybridized carbons (Fsp3) is 0.300. The number of alkyl halides is 2. The molecule has 0 N–H and O–H groups in total. The van der Waals surface area contributed by atoms with E-state index in [9.17, 15) is 22.0 Å². The Balaban J connectivity index is 2.03. The van der Waals surface area contributed by atoms with Crippen molar-refractivity contribution in [2.24, 2.45) is 4.99 Å². The predicted octanol–water partition coefficient (Wildman–Crippen LogP) is 4.07. The lowest BCUT2D eigenvalue weighted by atomic mass is 10.1. The summed E-state index contributed by atoms with van der Waals surface area (Å²) in [5, 5.41) is -1.22. The van der Waals surface area contributed by atoms with Crippen molar-refractivity contribution in [3.63, 3.8) is 0 Å². The molecule has 3 rings (SSSR count). The Kier molecular flexibility index (Phi) is 6.26. The average molecular weight is 422 g/mol. The van der Waals surface area contributed by atoms with Gasteiger partial charge in [0.15, 0.2) is 5.25 Å². The first-order valence-corrected chi connectivity index (χ1v) is 10.6. The molecule has 1 amide bonds. The van der Waals surface area contributed by atoms with Crippen LogP contribution in [0.3, 0.4) is 0 Å². The van der Waals surface area contributed by atoms with E-state index in [1.165, 1.54) is 24.3 Å². The largest absolute Gasteiger partial charge is 0.435 e. The van der Waals surface area contributed by atoms with Crippen LogP contribution in [0, 0.1) is 0 Å². The van der Waals surface area contributed by atoms with E-state index in [2.05, 4.69) is 9.73 Å². The van der Waals surface area contributed by atoms with Crippen molar-refractivity contribution in [2.45, 2.75) is 31.6 Å². The predicted molar refractivity (Wildman–Crippen MR) is 105 cm³/mol. The van der Waals surface area contributed by atoms with Crippen LogP contribution in [0.25, 0.3) is 0 Å². The zero-order valence-corrected chi connectivity index (χ0v) is 16.5. The van der Waals surface area contributed by atoms with Gasteiger partial charge in [0.1, 0.15) is 11.5 Å². The number of carbonyl (C=O) groups is 1. The van der Waals surface area contributed by atoms with Gasteiger partial charge in [-0.15, -0.1) is 0 Å². The third-order valence-electron chi connectivity index (χ3n) is 4.43. The standard InChI is InChI=1S/C20H20F2N2O4S/c1-2-3-13-24-19(25)17(18(29(24,26)27)14-7-5-4-6-8-14)23-15-9-11-16(12-10-15)28-20(21)22/h4-12,18,20H,2-3,13H2,1H3. The lowest BCUT2D eigenvalue weighted by Crippen LogP contribution is -2.31. The highest BCUT2D eigenvalue weighted by atomic mass is 32.2. The summed E-state index contributed by atoms with van der Waals surface area (Å²) in [6.45, 7) is -0.968. The topological polar surface area (TPSA) is 76.0 Å². The minimum absolute atomic E-state index is 0.0569. The van der Waals surface area contributed by atoms with Crippen LogP contribution in [0.4, 0.5) is 14.5 Å². The number of aliphatic imine (C=N–C) groups is 1. The van der Waals surface area contributed by atoms with Gasteiger partial charge in [0, 0.05) is 6.54 Å². The molecule has 154 valence electrons. The molecule has 0 spiro atoms. The number of sulfonamides is 1. The Morgan fingerprint density at radius 3 is 2.34 bits per heavy atom. The van der Waals surface area contributed by atoms with Gasteiger partial charge in [-0.25, -0.2) is 17.7 Å². The van der Waals surface area contributed by atoms with Gasteiger partial charge in [-0.1, -0.05) is 43.7 Å². The van der Waals surface area contributed by atoms with E-state index in [4.69, 9.17) is 0 Å². The summed E-state index contributed by atoms with van der Waals surface area (Å²) in [6.07, 6.45) is 1.27. The van der Waals surface area contributed by atoms with Crippen molar-refractivity contribution in [3.8, 4) is 5.75 Å². The Morgan fingerprint density at radius 2 is 1.76 bits per heavy atom. The summed E-state index contributed by atoms with van der Waals surface area (Å²) in [5.74, 6) is -0.723. The number of unbranched alkanes of at least 4 members (excludes halogenated alkanes) is 1. The first-order valence-electron chi connectivity index (χ1n) is 9.09. The van der Waals surface area contributed by atoms with E-state index in [1.54, 1.807) is 30.3 Å². The SMILES string of the molecule is CCCCN1C(=O)C(=Nc2ccc(OC(F)F)cc2)C(c2ccccc2)S1(=O)=O. The quantitative estimate of drug-likeness (QED) is 0.674. The van der Waals surface area contributed by atoms with Gasteiger partial charge in [0.05, 0.1) is 5.69 Å². The molecule has 1 aliphatic heterocycles. The first-order chi connectivity index (χ1) is 13.8. The average Bonchev–Trinajstić information content (AvgIpc) is 2.87. The van der Waals surface area contributed by atoms with Gasteiger partial charge >= 0.3 is 6.61 Å². The van der Waals surface area contributed by atoms with Crippen molar-refractivity contribution in [1.29, 1.82) is 0 Å². The van der Waals surface area contributed by atoms with E-state index < -0.39 is 27.8 Å². The summed E-state index contributed by atoms with van der Waals surface area (Å²) in [7, 11) is -3.97. The van der Waals surface area contributed by atoms with Gasteiger partial charge in [-0.05, 0) is 36.2 Å². The number of halogens is 2. The van der Waals surface area contributed by atoms with Gasteiger partial charge in [0.2, 0.25) is 0 Å². The highest BCUT2D eigenvalue weighted by molar-refractivity contribution is 7.91. The molecule has 0 bridgehead atoms. The van der Waals surface area contributed by atoms with Crippen LogP contribution < -0.4 is 4.74 Å². The van der Waals surface area contributed by atoms with Gasteiger partial charge < -0.3 is 4.74 Å². The van der Waals surface area contributed by atoms with Crippen molar-refractivity contribution >= 4 is 27.3 Å². The van der Waals surface area contributed by atoms with Crippen molar-refractivity contribution in [3.05, 3.63) is 60.2 Å². The fourth-order valence-corrected chi connectivity index (χ4v) is 4.96. The van der Waals surface area contributed by atoms with Crippen molar-refractivity contribution in [2.75, 3.05) is 6.54 Å². The number of benzene rings is 2. The molecule has 2 aromatic rings. The van der Waals surface area contributed by atoms with Crippen molar-refractivity contribution in [1.82, 2.24) is 4.31 Å². The van der Waals surface area contributed by atoms with Crippen LogP contribution in [0.2, 0.25) is 0 Å². The molecular weight excluding hydrogens is 402 g/mol. The molecule has 29 heavy (non-hydrogen) atoms. The molecule has 6 nitrogen and oxygen atoms in total. The summed E-state index contributed by atoms with van der Waals surface area (Å²) in [4.78, 5) is 17.2. The van der Waals surface area contributed by atoms with E-state index in [0.29, 0.717) is 12.0 Å². The number of ether oxygens (including phenoxy) is 1. The van der Waals surface area contributed by atoms with Gasteiger partial charge in [-0.2, -0.15) is 8.78 Å². The monoisotopic (exact) mass is 422 g/mol. The molecule has 1 heterocycles. The second-order valence-electron chi connectivity index (χ2n) is 6.44. The number of hydrogen-bond donors (Lipinski definition) is 0. The number of amides is 1. The molecule has 9 heteroatoms. The summed E-state index contributed by atoms with van der Waals surface area (Å²) >= 11 is 0. The normalized spacial score (nSPS) is 19.9. The second-order valence-corrected chi connectivity index (χ2v) is 8.38. The summed E-state index contributed by atoms with van der Waals surface area (Å²) in [5.41, 5.74) is 0.592. The molecule has 0 saturated carbocycles. The Hall–Kier alpha value is -2.81. The highest BCUT2D eigenvalue weighted by Crippen LogP contribution is 2.36. The van der Waals surface area contributed by atoms with E-state index in [0.717, 1.165) is 10.7 Å². The van der Waals surface area contributed by atoms with Crippen LogP contribution in [-0.2, 0) is 14.8 Å². The third kappa shape index (κ3) is 4.45. The van der Waals surface area contributed by atoms with E-state index in [1.807, 2.05) is 6.92 Å². The second kappa shape index (κ2) is 8.69. The lowest BCUT2D eigenvalue weighted by Gasteiger charge is -2.15. The van der Waals surface area contributed by atoms with Crippen LogP contribution in [0.5, 0.6) is 5.75 Å². The van der Waals surface area contributed by atoms with Gasteiger partial charge in [-0.3, -0.25) is 4.79 Å². The minimum atomic E-state index is -3.97. The molecule has 1 unspecified atom stereocenters. The summed E-state index contributed by atoms with van der Waals surface area (Å²) in [6, 6.07) is 13.7. The molecule has 1 fully saturated rings. The number of rotatable bonds is 7. The lowest BCUT2D eigenvalue weighted by molar-refractivity contribution is -0.119. The first kappa shape index (κ1) is 20.9. The third-order valence-corrected chi connectivity index (χ3v) is 6.48. The fourth-order valence-electron chi connectivity index (χ4n) is 3.06. The maximum Gasteiger partial charge on any atom is 0.387 e. The van der Waals surface area contributed by atoms with Crippen LogP contribution in [0.1, 0.15) is 30.6 Å². The highest BCUT2D eigenvalue weighted by Gasteiger charge is 2.50. The Labute approximate surface area is 167 Å². The maximum atomic E-state index is 13.1. The van der Waals surface area contributed by atoms with Gasteiger partial charge in [0.25, 0.3) is 15.9 Å². The molecule has 1 saturated heterocycles. The summed E-state index contributed by atoms with van der Waals surface area (Å²) < 4.78 is 56.0. The van der Waals surface area contributed by atoms with Crippen molar-refractivity contribution < 1.29 is 26.7 Å².